The third kappa shape index (κ3) is 5.70. The van der Waals surface area contributed by atoms with Crippen molar-refractivity contribution in [1.82, 2.24) is 31.0 Å². The van der Waals surface area contributed by atoms with Crippen LogP contribution in [0.15, 0.2) is 36.4 Å². The number of nitrogens with zero attached hydrogens (tertiary/aromatic N) is 3. The molecule has 3 aliphatic rings. The van der Waals surface area contributed by atoms with Crippen molar-refractivity contribution in [2.45, 2.75) is 78.0 Å². The van der Waals surface area contributed by atoms with Crippen molar-refractivity contribution in [2.75, 3.05) is 13.1 Å². The van der Waals surface area contributed by atoms with Gasteiger partial charge in [-0.05, 0) is 63.6 Å². The zero-order chi connectivity index (χ0) is 29.5. The fourth-order valence-electron chi connectivity index (χ4n) is 6.00. The lowest BCUT2D eigenvalue weighted by Gasteiger charge is -2.36. The molecule has 4 amide bonds. The van der Waals surface area contributed by atoms with E-state index in [4.69, 9.17) is 4.98 Å². The summed E-state index contributed by atoms with van der Waals surface area (Å²) < 4.78 is 0. The Morgan fingerprint density at radius 1 is 0.976 bits per heavy atom. The maximum absolute atomic E-state index is 13.7. The summed E-state index contributed by atoms with van der Waals surface area (Å²) in [5, 5.41) is 8.28. The van der Waals surface area contributed by atoms with Crippen LogP contribution in [0.2, 0.25) is 0 Å². The number of rotatable bonds is 1. The zero-order valence-corrected chi connectivity index (χ0v) is 24.4. The molecule has 10 heteroatoms. The van der Waals surface area contributed by atoms with Crippen molar-refractivity contribution < 1.29 is 19.2 Å². The van der Waals surface area contributed by atoms with Crippen LogP contribution >= 0.6 is 0 Å². The summed E-state index contributed by atoms with van der Waals surface area (Å²) >= 11 is 0. The van der Waals surface area contributed by atoms with Crippen LogP contribution in [0.1, 0.15) is 71.2 Å². The van der Waals surface area contributed by atoms with E-state index in [1.165, 1.54) is 5.01 Å². The molecule has 3 N–H and O–H groups in total. The molecule has 2 fully saturated rings. The van der Waals surface area contributed by atoms with Gasteiger partial charge in [0.15, 0.2) is 0 Å². The predicted molar refractivity (Wildman–Crippen MR) is 156 cm³/mol. The van der Waals surface area contributed by atoms with Crippen LogP contribution in [0.4, 0.5) is 0 Å². The molecule has 7 bridgehead atoms. The van der Waals surface area contributed by atoms with Crippen LogP contribution in [-0.4, -0.2) is 69.7 Å². The number of carbonyl (C=O) groups excluding carboxylic acids is 4. The van der Waals surface area contributed by atoms with E-state index in [0.29, 0.717) is 32.4 Å². The second-order valence-electron chi connectivity index (χ2n) is 12.2. The number of hydrazine groups is 1. The second-order valence-corrected chi connectivity index (χ2v) is 12.2. The maximum atomic E-state index is 13.7. The van der Waals surface area contributed by atoms with Crippen molar-refractivity contribution in [3.63, 3.8) is 0 Å². The molecule has 2 aromatic rings. The lowest BCUT2D eigenvalue weighted by molar-refractivity contribution is -0.146. The number of benzene rings is 1. The molecule has 5 unspecified atom stereocenters. The molecular formula is C31H40N6O4. The first-order valence-corrected chi connectivity index (χ1v) is 14.6. The highest BCUT2D eigenvalue weighted by atomic mass is 16.2. The molecule has 0 saturated carbocycles. The zero-order valence-electron chi connectivity index (χ0n) is 24.4. The lowest BCUT2D eigenvalue weighted by Crippen LogP contribution is -2.62. The van der Waals surface area contributed by atoms with Crippen LogP contribution in [-0.2, 0) is 19.2 Å². The van der Waals surface area contributed by atoms with Crippen molar-refractivity contribution >= 4 is 40.6 Å². The summed E-state index contributed by atoms with van der Waals surface area (Å²) in [6, 6.07) is 7.37. The van der Waals surface area contributed by atoms with E-state index in [-0.39, 0.29) is 35.6 Å². The third-order valence-electron chi connectivity index (χ3n) is 8.54. The molecule has 5 atom stereocenters. The van der Waals surface area contributed by atoms with E-state index < -0.39 is 23.5 Å². The van der Waals surface area contributed by atoms with Gasteiger partial charge in [0.05, 0.1) is 22.7 Å². The fourth-order valence-corrected chi connectivity index (χ4v) is 6.00. The molecule has 0 radical (unpaired) electrons. The van der Waals surface area contributed by atoms with Gasteiger partial charge < -0.3 is 15.5 Å². The molecule has 1 aromatic carbocycles. The van der Waals surface area contributed by atoms with E-state index in [1.54, 1.807) is 11.8 Å². The number of pyridine rings is 1. The molecule has 4 heterocycles. The largest absolute Gasteiger partial charge is 0.347 e. The number of amides is 4. The minimum absolute atomic E-state index is 0.104. The van der Waals surface area contributed by atoms with Gasteiger partial charge in [0.25, 0.3) is 5.91 Å². The average Bonchev–Trinajstić information content (AvgIpc) is 3.24. The van der Waals surface area contributed by atoms with Gasteiger partial charge in [0.2, 0.25) is 17.7 Å². The minimum atomic E-state index is -0.836. The number of carbonyl (C=O) groups is 4. The summed E-state index contributed by atoms with van der Waals surface area (Å²) in [7, 11) is 0. The molecule has 3 aliphatic heterocycles. The first kappa shape index (κ1) is 28.7. The number of hydrogen-bond donors (Lipinski definition) is 3. The smallest absolute Gasteiger partial charge is 0.258 e. The Kier molecular flexibility index (Phi) is 7.87. The van der Waals surface area contributed by atoms with Gasteiger partial charge in [-0.15, -0.1) is 0 Å². The molecule has 0 spiro atoms. The molecule has 0 aliphatic carbocycles. The summed E-state index contributed by atoms with van der Waals surface area (Å²) in [5.74, 6) is -1.16. The fraction of sp³-hybridized carbons (Fsp3) is 0.516. The Morgan fingerprint density at radius 3 is 2.46 bits per heavy atom. The highest BCUT2D eigenvalue weighted by Crippen LogP contribution is 2.36. The van der Waals surface area contributed by atoms with Crippen LogP contribution in [0, 0.1) is 11.3 Å². The minimum Gasteiger partial charge on any atom is -0.347 e. The van der Waals surface area contributed by atoms with Gasteiger partial charge in [0, 0.05) is 18.5 Å². The standard InChI is InChI=1S/C31H40N6O4/c1-18(2)26-28(39)33-20(4)29(40)37-15-6-7-24(35-37)27(38)32-19(3)23-11-10-22-9-8-21(17-25(22)34-23)12-13-31(5)14-16-36(26)30(31)41/h8-13,17-20,24,26,35H,6-7,14-16H2,1-5H3,(H,32,38)(H,33,39). The van der Waals surface area contributed by atoms with Crippen LogP contribution in [0.25, 0.3) is 17.0 Å². The molecule has 218 valence electrons. The Labute approximate surface area is 240 Å². The highest BCUT2D eigenvalue weighted by molar-refractivity contribution is 5.95. The van der Waals surface area contributed by atoms with E-state index >= 15 is 0 Å². The van der Waals surface area contributed by atoms with Crippen LogP contribution < -0.4 is 16.1 Å². The summed E-state index contributed by atoms with van der Waals surface area (Å²) in [6.45, 7) is 10.1. The maximum Gasteiger partial charge on any atom is 0.258 e. The van der Waals surface area contributed by atoms with E-state index in [9.17, 15) is 19.2 Å². The van der Waals surface area contributed by atoms with Gasteiger partial charge in [0.1, 0.15) is 18.1 Å². The van der Waals surface area contributed by atoms with Crippen LogP contribution in [0.5, 0.6) is 0 Å². The van der Waals surface area contributed by atoms with Crippen molar-refractivity contribution in [3.8, 4) is 0 Å². The monoisotopic (exact) mass is 560 g/mol. The molecule has 5 rings (SSSR count). The predicted octanol–water partition coefficient (Wildman–Crippen LogP) is 2.70. The van der Waals surface area contributed by atoms with Crippen LogP contribution in [0.3, 0.4) is 0 Å². The normalized spacial score (nSPS) is 29.7. The Balaban J connectivity index is 1.52. The van der Waals surface area contributed by atoms with E-state index in [1.807, 2.05) is 70.2 Å². The SMILES string of the molecule is CC1NC(=O)C(C(C)C)N2CCC(C)(C=Cc3ccc4ccc(nc4c3)C(C)NC(=O)C3CCCN(N3)C1=O)C2=O. The Hall–Kier alpha value is -3.79. The first-order chi connectivity index (χ1) is 19.5. The lowest BCUT2D eigenvalue weighted by atomic mass is 9.87. The van der Waals surface area contributed by atoms with E-state index in [0.717, 1.165) is 22.2 Å². The van der Waals surface area contributed by atoms with Crippen molar-refractivity contribution in [2.24, 2.45) is 11.3 Å². The summed E-state index contributed by atoms with van der Waals surface area (Å²) in [6.07, 6.45) is 5.67. The summed E-state index contributed by atoms with van der Waals surface area (Å²) in [4.78, 5) is 60.2. The molecule has 41 heavy (non-hydrogen) atoms. The van der Waals surface area contributed by atoms with Gasteiger partial charge in [-0.1, -0.05) is 44.2 Å². The highest BCUT2D eigenvalue weighted by Gasteiger charge is 2.46. The number of aromatic nitrogens is 1. The van der Waals surface area contributed by atoms with Crippen molar-refractivity contribution in [3.05, 3.63) is 47.7 Å². The van der Waals surface area contributed by atoms with Gasteiger partial charge in [-0.25, -0.2) is 5.43 Å². The van der Waals surface area contributed by atoms with Crippen molar-refractivity contribution in [1.29, 1.82) is 0 Å². The summed E-state index contributed by atoms with van der Waals surface area (Å²) in [5.41, 5.74) is 4.73. The van der Waals surface area contributed by atoms with Gasteiger partial charge >= 0.3 is 0 Å². The molecule has 10 nitrogen and oxygen atoms in total. The molecular weight excluding hydrogens is 520 g/mol. The van der Waals surface area contributed by atoms with Gasteiger partial charge in [-0.2, -0.15) is 0 Å². The molecule has 2 saturated heterocycles. The Morgan fingerprint density at radius 2 is 1.71 bits per heavy atom. The van der Waals surface area contributed by atoms with E-state index in [2.05, 4.69) is 16.1 Å². The second kappa shape index (κ2) is 11.2. The number of nitrogens with one attached hydrogen (secondary N) is 3. The number of fused-ring (bicyclic) bond motifs is 6. The Bertz CT molecular complexity index is 1410. The average molecular weight is 561 g/mol. The third-order valence-corrected chi connectivity index (χ3v) is 8.54. The quantitative estimate of drug-likeness (QED) is 0.493. The topological polar surface area (TPSA) is 124 Å². The van der Waals surface area contributed by atoms with Gasteiger partial charge in [-0.3, -0.25) is 29.2 Å². The first-order valence-electron chi connectivity index (χ1n) is 14.6. The number of hydrogen-bond acceptors (Lipinski definition) is 6. The molecule has 1 aromatic heterocycles.